The molecule has 0 aliphatic carbocycles. The van der Waals surface area contributed by atoms with E-state index < -0.39 is 0 Å². The van der Waals surface area contributed by atoms with E-state index in [1.165, 1.54) is 0 Å². The fourth-order valence-corrected chi connectivity index (χ4v) is 1.92. The quantitative estimate of drug-likeness (QED) is 0.811. The minimum absolute atomic E-state index is 0.0246. The van der Waals surface area contributed by atoms with Gasteiger partial charge in [0.1, 0.15) is 11.6 Å². The number of halogens is 2. The maximum absolute atomic E-state index is 11.7. The largest absolute Gasteiger partial charge is 0.369 e. The number of rotatable bonds is 7. The SMILES string of the molecule is CCCNc1nc(NCC(=O)N(C)CC)c(Cl)cc1Cl. The number of hydrogen-bond donors (Lipinski definition) is 2. The van der Waals surface area contributed by atoms with E-state index in [2.05, 4.69) is 22.5 Å². The third-order valence-corrected chi connectivity index (χ3v) is 3.36. The second-order valence-electron chi connectivity index (χ2n) is 4.34. The van der Waals surface area contributed by atoms with Crippen molar-refractivity contribution in [3.8, 4) is 0 Å². The van der Waals surface area contributed by atoms with Crippen molar-refractivity contribution in [1.29, 1.82) is 0 Å². The molecule has 7 heteroatoms. The van der Waals surface area contributed by atoms with Gasteiger partial charge < -0.3 is 15.5 Å². The van der Waals surface area contributed by atoms with Crippen LogP contribution in [0.15, 0.2) is 6.07 Å². The van der Waals surface area contributed by atoms with Crippen LogP contribution in [-0.2, 0) is 4.79 Å². The van der Waals surface area contributed by atoms with E-state index in [4.69, 9.17) is 23.2 Å². The van der Waals surface area contributed by atoms with Crippen LogP contribution in [0.3, 0.4) is 0 Å². The summed E-state index contributed by atoms with van der Waals surface area (Å²) in [6.45, 7) is 5.54. The van der Waals surface area contributed by atoms with Gasteiger partial charge in [0.15, 0.2) is 0 Å². The molecule has 0 aliphatic rings. The molecule has 0 saturated carbocycles. The fourth-order valence-electron chi connectivity index (χ4n) is 1.43. The Morgan fingerprint density at radius 3 is 2.40 bits per heavy atom. The summed E-state index contributed by atoms with van der Waals surface area (Å²) in [6, 6.07) is 1.62. The monoisotopic (exact) mass is 318 g/mol. The zero-order valence-electron chi connectivity index (χ0n) is 12.0. The summed E-state index contributed by atoms with van der Waals surface area (Å²) >= 11 is 12.1. The van der Waals surface area contributed by atoms with E-state index in [-0.39, 0.29) is 12.5 Å². The molecule has 5 nitrogen and oxygen atoms in total. The number of carbonyl (C=O) groups is 1. The lowest BCUT2D eigenvalue weighted by molar-refractivity contribution is -0.127. The van der Waals surface area contributed by atoms with E-state index in [9.17, 15) is 4.79 Å². The molecule has 0 bridgehead atoms. The summed E-state index contributed by atoms with van der Waals surface area (Å²) in [6.07, 6.45) is 0.961. The Hall–Kier alpha value is -1.20. The highest BCUT2D eigenvalue weighted by Crippen LogP contribution is 2.29. The van der Waals surface area contributed by atoms with Crippen molar-refractivity contribution >= 4 is 40.7 Å². The summed E-state index contributed by atoms with van der Waals surface area (Å²) in [4.78, 5) is 17.7. The molecule has 1 amide bonds. The highest BCUT2D eigenvalue weighted by atomic mass is 35.5. The number of likely N-dealkylation sites (N-methyl/N-ethyl adjacent to an activating group) is 1. The van der Waals surface area contributed by atoms with Crippen LogP contribution in [-0.4, -0.2) is 42.5 Å². The molecule has 0 fully saturated rings. The maximum Gasteiger partial charge on any atom is 0.241 e. The highest BCUT2D eigenvalue weighted by molar-refractivity contribution is 6.37. The molecule has 0 radical (unpaired) electrons. The Labute approximate surface area is 129 Å². The molecule has 20 heavy (non-hydrogen) atoms. The summed E-state index contributed by atoms with van der Waals surface area (Å²) < 4.78 is 0. The van der Waals surface area contributed by atoms with E-state index in [0.717, 1.165) is 13.0 Å². The van der Waals surface area contributed by atoms with Gasteiger partial charge in [0.05, 0.1) is 16.6 Å². The third kappa shape index (κ3) is 4.72. The first-order chi connectivity index (χ1) is 9.49. The number of pyridine rings is 1. The summed E-state index contributed by atoms with van der Waals surface area (Å²) in [7, 11) is 1.75. The van der Waals surface area contributed by atoms with Crippen molar-refractivity contribution in [2.24, 2.45) is 0 Å². The van der Waals surface area contributed by atoms with Gasteiger partial charge in [-0.25, -0.2) is 4.98 Å². The predicted octanol–water partition coefficient (Wildman–Crippen LogP) is 3.10. The minimum Gasteiger partial charge on any atom is -0.369 e. The number of anilines is 2. The first-order valence-electron chi connectivity index (χ1n) is 6.57. The third-order valence-electron chi connectivity index (χ3n) is 2.78. The molecular weight excluding hydrogens is 299 g/mol. The first-order valence-corrected chi connectivity index (χ1v) is 7.32. The van der Waals surface area contributed by atoms with Crippen LogP contribution in [0.4, 0.5) is 11.6 Å². The zero-order chi connectivity index (χ0) is 15.1. The van der Waals surface area contributed by atoms with Gasteiger partial charge in [-0.15, -0.1) is 0 Å². The second-order valence-corrected chi connectivity index (χ2v) is 5.15. The van der Waals surface area contributed by atoms with Crippen LogP contribution in [0.25, 0.3) is 0 Å². The highest BCUT2D eigenvalue weighted by Gasteiger charge is 2.11. The van der Waals surface area contributed by atoms with Crippen molar-refractivity contribution in [2.75, 3.05) is 37.3 Å². The zero-order valence-corrected chi connectivity index (χ0v) is 13.5. The van der Waals surface area contributed by atoms with E-state index in [1.807, 2.05) is 6.92 Å². The number of carbonyl (C=O) groups excluding carboxylic acids is 1. The molecule has 0 aliphatic heterocycles. The van der Waals surface area contributed by atoms with Crippen LogP contribution < -0.4 is 10.6 Å². The van der Waals surface area contributed by atoms with Gasteiger partial charge in [0.2, 0.25) is 5.91 Å². The Morgan fingerprint density at radius 1 is 1.25 bits per heavy atom. The molecule has 1 heterocycles. The number of amides is 1. The van der Waals surface area contributed by atoms with Gasteiger partial charge >= 0.3 is 0 Å². The molecule has 0 aromatic carbocycles. The number of aromatic nitrogens is 1. The standard InChI is InChI=1S/C13H20Cl2N4O/c1-4-6-16-12-9(14)7-10(15)13(18-12)17-8-11(20)19(3)5-2/h7H,4-6,8H2,1-3H3,(H2,16,17,18). The summed E-state index contributed by atoms with van der Waals surface area (Å²) in [5, 5.41) is 6.91. The molecule has 1 aromatic heterocycles. The van der Waals surface area contributed by atoms with Gasteiger partial charge in [-0.2, -0.15) is 0 Å². The first kappa shape index (κ1) is 16.9. The molecule has 0 saturated heterocycles. The molecule has 0 atom stereocenters. The molecule has 0 spiro atoms. The Balaban J connectivity index is 2.76. The number of hydrogen-bond acceptors (Lipinski definition) is 4. The van der Waals surface area contributed by atoms with Crippen molar-refractivity contribution in [2.45, 2.75) is 20.3 Å². The van der Waals surface area contributed by atoms with Crippen LogP contribution in [0.5, 0.6) is 0 Å². The Bertz CT molecular complexity index is 468. The van der Waals surface area contributed by atoms with Crippen LogP contribution in [0.1, 0.15) is 20.3 Å². The normalized spacial score (nSPS) is 10.2. The van der Waals surface area contributed by atoms with Crippen LogP contribution in [0, 0.1) is 0 Å². The Kier molecular flexibility index (Phi) is 6.88. The lowest BCUT2D eigenvalue weighted by Crippen LogP contribution is -2.32. The number of nitrogens with one attached hydrogen (secondary N) is 2. The summed E-state index contributed by atoms with van der Waals surface area (Å²) in [5.74, 6) is 0.993. The van der Waals surface area contributed by atoms with E-state index in [0.29, 0.717) is 28.2 Å². The molecule has 1 aromatic rings. The van der Waals surface area contributed by atoms with E-state index in [1.54, 1.807) is 18.0 Å². The van der Waals surface area contributed by atoms with Gasteiger partial charge in [-0.05, 0) is 19.4 Å². The van der Waals surface area contributed by atoms with Crippen molar-refractivity contribution < 1.29 is 4.79 Å². The smallest absolute Gasteiger partial charge is 0.241 e. The molecule has 2 N–H and O–H groups in total. The van der Waals surface area contributed by atoms with Crippen molar-refractivity contribution in [3.05, 3.63) is 16.1 Å². The predicted molar refractivity (Wildman–Crippen MR) is 84.8 cm³/mol. The van der Waals surface area contributed by atoms with Crippen LogP contribution in [0.2, 0.25) is 10.0 Å². The van der Waals surface area contributed by atoms with Gasteiger partial charge in [0, 0.05) is 20.1 Å². The second kappa shape index (κ2) is 8.17. The van der Waals surface area contributed by atoms with Crippen molar-refractivity contribution in [3.63, 3.8) is 0 Å². The van der Waals surface area contributed by atoms with Crippen LogP contribution >= 0.6 is 23.2 Å². The molecule has 0 unspecified atom stereocenters. The topological polar surface area (TPSA) is 57.3 Å². The van der Waals surface area contributed by atoms with Gasteiger partial charge in [-0.1, -0.05) is 30.1 Å². The maximum atomic E-state index is 11.7. The van der Waals surface area contributed by atoms with Crippen molar-refractivity contribution in [1.82, 2.24) is 9.88 Å². The van der Waals surface area contributed by atoms with E-state index >= 15 is 0 Å². The lowest BCUT2D eigenvalue weighted by Gasteiger charge is -2.16. The molecule has 1 rings (SSSR count). The number of nitrogens with zero attached hydrogens (tertiary/aromatic N) is 2. The Morgan fingerprint density at radius 2 is 1.85 bits per heavy atom. The van der Waals surface area contributed by atoms with Gasteiger partial charge in [-0.3, -0.25) is 4.79 Å². The average molecular weight is 319 g/mol. The minimum atomic E-state index is -0.0246. The fraction of sp³-hybridized carbons (Fsp3) is 0.538. The summed E-state index contributed by atoms with van der Waals surface area (Å²) in [5.41, 5.74) is 0. The molecular formula is C13H20Cl2N4O. The average Bonchev–Trinajstić information content (AvgIpc) is 2.44. The lowest BCUT2D eigenvalue weighted by atomic mass is 10.4. The van der Waals surface area contributed by atoms with Gasteiger partial charge in [0.25, 0.3) is 0 Å². The molecule has 112 valence electrons.